The van der Waals surface area contributed by atoms with E-state index in [9.17, 15) is 13.2 Å². The maximum Gasteiger partial charge on any atom is 0.229 e. The molecule has 0 saturated carbocycles. The molecule has 1 aromatic carbocycles. The second-order valence-electron chi connectivity index (χ2n) is 4.53. The second kappa shape index (κ2) is 6.53. The van der Waals surface area contributed by atoms with Gasteiger partial charge in [-0.2, -0.15) is 0 Å². The smallest absolute Gasteiger partial charge is 0.229 e. The summed E-state index contributed by atoms with van der Waals surface area (Å²) in [5.74, 6) is -0.103. The molecule has 0 fully saturated rings. The van der Waals surface area contributed by atoms with Gasteiger partial charge in [0, 0.05) is 24.7 Å². The van der Waals surface area contributed by atoms with Crippen LogP contribution in [0.1, 0.15) is 18.9 Å². The average Bonchev–Trinajstić information content (AvgIpc) is 2.25. The van der Waals surface area contributed by atoms with Gasteiger partial charge < -0.3 is 11.1 Å². The molecule has 6 nitrogen and oxygen atoms in total. The molecule has 1 aromatic rings. The summed E-state index contributed by atoms with van der Waals surface area (Å²) in [6.07, 6.45) is 1.38. The molecule has 1 unspecified atom stereocenters. The Kier molecular flexibility index (Phi) is 5.31. The lowest BCUT2D eigenvalue weighted by atomic mass is 10.2. The third-order valence-corrected chi connectivity index (χ3v) is 2.86. The summed E-state index contributed by atoms with van der Waals surface area (Å²) in [4.78, 5) is 11.4. The Labute approximate surface area is 113 Å². The topological polar surface area (TPSA) is 101 Å². The second-order valence-corrected chi connectivity index (χ2v) is 6.28. The number of nitrogens with one attached hydrogen (secondary N) is 2. The van der Waals surface area contributed by atoms with Crippen LogP contribution in [-0.4, -0.2) is 26.6 Å². The van der Waals surface area contributed by atoms with Crippen LogP contribution in [0, 0.1) is 0 Å². The zero-order valence-electron chi connectivity index (χ0n) is 11.0. The number of hydrogen-bond acceptors (Lipinski definition) is 4. The maximum atomic E-state index is 11.4. The number of carbonyl (C=O) groups excluding carboxylic acids is 1. The van der Waals surface area contributed by atoms with Gasteiger partial charge in [0.15, 0.2) is 0 Å². The first-order valence-electron chi connectivity index (χ1n) is 5.85. The summed E-state index contributed by atoms with van der Waals surface area (Å²) in [7, 11) is -3.26. The fourth-order valence-electron chi connectivity index (χ4n) is 1.47. The standard InChI is InChI=1S/C12H19N3O3S/c1-9(13)7-12(16)14-8-10-3-5-11(6-4-10)15-19(2,17)18/h3-6,9,15H,7-8,13H2,1-2H3,(H,14,16). The third kappa shape index (κ3) is 6.78. The number of nitrogens with two attached hydrogens (primary N) is 1. The number of anilines is 1. The lowest BCUT2D eigenvalue weighted by Crippen LogP contribution is -2.29. The van der Waals surface area contributed by atoms with Crippen LogP contribution in [-0.2, 0) is 21.4 Å². The Morgan fingerprint density at radius 2 is 1.89 bits per heavy atom. The molecule has 0 aliphatic carbocycles. The van der Waals surface area contributed by atoms with Gasteiger partial charge in [0.2, 0.25) is 15.9 Å². The Morgan fingerprint density at radius 3 is 2.37 bits per heavy atom. The summed E-state index contributed by atoms with van der Waals surface area (Å²) >= 11 is 0. The van der Waals surface area contributed by atoms with Crippen LogP contribution < -0.4 is 15.8 Å². The van der Waals surface area contributed by atoms with Gasteiger partial charge in [0.1, 0.15) is 0 Å². The van der Waals surface area contributed by atoms with Gasteiger partial charge in [0.25, 0.3) is 0 Å². The quantitative estimate of drug-likeness (QED) is 0.704. The molecule has 19 heavy (non-hydrogen) atoms. The van der Waals surface area contributed by atoms with E-state index in [0.29, 0.717) is 12.2 Å². The van der Waals surface area contributed by atoms with E-state index in [1.54, 1.807) is 31.2 Å². The molecule has 0 aromatic heterocycles. The van der Waals surface area contributed by atoms with Gasteiger partial charge in [-0.15, -0.1) is 0 Å². The highest BCUT2D eigenvalue weighted by Crippen LogP contribution is 2.10. The first kappa shape index (κ1) is 15.5. The number of hydrogen-bond donors (Lipinski definition) is 3. The molecule has 0 aliphatic heterocycles. The molecule has 4 N–H and O–H groups in total. The Hall–Kier alpha value is -1.60. The van der Waals surface area contributed by atoms with E-state index in [0.717, 1.165) is 11.8 Å². The summed E-state index contributed by atoms with van der Waals surface area (Å²) in [6.45, 7) is 2.16. The van der Waals surface area contributed by atoms with Gasteiger partial charge in [-0.3, -0.25) is 9.52 Å². The van der Waals surface area contributed by atoms with Crippen molar-refractivity contribution in [1.29, 1.82) is 0 Å². The zero-order valence-corrected chi connectivity index (χ0v) is 11.8. The predicted molar refractivity (Wildman–Crippen MR) is 75.0 cm³/mol. The zero-order chi connectivity index (χ0) is 14.5. The maximum absolute atomic E-state index is 11.4. The van der Waals surface area contributed by atoms with Crippen LogP contribution in [0.25, 0.3) is 0 Å². The fraction of sp³-hybridized carbons (Fsp3) is 0.417. The van der Waals surface area contributed by atoms with Gasteiger partial charge in [0.05, 0.1) is 6.26 Å². The highest BCUT2D eigenvalue weighted by Gasteiger charge is 2.05. The van der Waals surface area contributed by atoms with Gasteiger partial charge >= 0.3 is 0 Å². The van der Waals surface area contributed by atoms with Crippen molar-refractivity contribution in [3.05, 3.63) is 29.8 Å². The van der Waals surface area contributed by atoms with Crippen LogP contribution in [0.15, 0.2) is 24.3 Å². The molecule has 0 spiro atoms. The van der Waals surface area contributed by atoms with E-state index < -0.39 is 10.0 Å². The van der Waals surface area contributed by atoms with Crippen molar-refractivity contribution in [3.8, 4) is 0 Å². The van der Waals surface area contributed by atoms with Crippen molar-refractivity contribution < 1.29 is 13.2 Å². The first-order valence-corrected chi connectivity index (χ1v) is 7.74. The van der Waals surface area contributed by atoms with Crippen molar-refractivity contribution in [2.45, 2.75) is 25.9 Å². The summed E-state index contributed by atoms with van der Waals surface area (Å²) < 4.78 is 24.4. The SMILES string of the molecule is CC(N)CC(=O)NCc1ccc(NS(C)(=O)=O)cc1. The molecular weight excluding hydrogens is 266 g/mol. The lowest BCUT2D eigenvalue weighted by Gasteiger charge is -2.08. The number of sulfonamides is 1. The van der Waals surface area contributed by atoms with Crippen LogP contribution >= 0.6 is 0 Å². The minimum absolute atomic E-state index is 0.103. The minimum Gasteiger partial charge on any atom is -0.352 e. The van der Waals surface area contributed by atoms with E-state index in [4.69, 9.17) is 5.73 Å². The Morgan fingerprint density at radius 1 is 1.32 bits per heavy atom. The highest BCUT2D eigenvalue weighted by molar-refractivity contribution is 7.92. The molecule has 106 valence electrons. The summed E-state index contributed by atoms with van der Waals surface area (Å²) in [6, 6.07) is 6.63. The number of amides is 1. The van der Waals surface area contributed by atoms with Crippen molar-refractivity contribution in [1.82, 2.24) is 5.32 Å². The van der Waals surface area contributed by atoms with E-state index in [-0.39, 0.29) is 18.4 Å². The van der Waals surface area contributed by atoms with Crippen LogP contribution in [0.2, 0.25) is 0 Å². The molecular formula is C12H19N3O3S. The largest absolute Gasteiger partial charge is 0.352 e. The van der Waals surface area contributed by atoms with Crippen molar-refractivity contribution in [2.75, 3.05) is 11.0 Å². The minimum atomic E-state index is -3.26. The summed E-state index contributed by atoms with van der Waals surface area (Å²) in [5.41, 5.74) is 6.89. The number of benzene rings is 1. The Balaban J connectivity index is 2.51. The molecule has 0 heterocycles. The summed E-state index contributed by atoms with van der Waals surface area (Å²) in [5, 5.41) is 2.74. The van der Waals surface area contributed by atoms with E-state index in [2.05, 4.69) is 10.0 Å². The van der Waals surface area contributed by atoms with Crippen LogP contribution in [0.3, 0.4) is 0 Å². The molecule has 1 amide bonds. The molecule has 0 bridgehead atoms. The monoisotopic (exact) mass is 285 g/mol. The van der Waals surface area contributed by atoms with E-state index in [1.807, 2.05) is 0 Å². The molecule has 0 saturated heterocycles. The molecule has 1 rings (SSSR count). The Bertz CT molecular complexity index is 524. The van der Waals surface area contributed by atoms with E-state index in [1.165, 1.54) is 0 Å². The van der Waals surface area contributed by atoms with Gasteiger partial charge in [-0.05, 0) is 24.6 Å². The predicted octanol–water partition coefficient (Wildman–Crippen LogP) is 0.412. The average molecular weight is 285 g/mol. The lowest BCUT2D eigenvalue weighted by molar-refractivity contribution is -0.121. The van der Waals surface area contributed by atoms with E-state index >= 15 is 0 Å². The van der Waals surface area contributed by atoms with Gasteiger partial charge in [-0.25, -0.2) is 8.42 Å². The van der Waals surface area contributed by atoms with Crippen molar-refractivity contribution in [2.24, 2.45) is 5.73 Å². The third-order valence-electron chi connectivity index (χ3n) is 2.25. The first-order chi connectivity index (χ1) is 8.76. The van der Waals surface area contributed by atoms with Crippen molar-refractivity contribution >= 4 is 21.6 Å². The van der Waals surface area contributed by atoms with Gasteiger partial charge in [-0.1, -0.05) is 12.1 Å². The number of carbonyl (C=O) groups is 1. The number of rotatable bonds is 6. The normalized spacial score (nSPS) is 12.8. The highest BCUT2D eigenvalue weighted by atomic mass is 32.2. The van der Waals surface area contributed by atoms with Crippen LogP contribution in [0.4, 0.5) is 5.69 Å². The van der Waals surface area contributed by atoms with Crippen molar-refractivity contribution in [3.63, 3.8) is 0 Å². The van der Waals surface area contributed by atoms with Crippen LogP contribution in [0.5, 0.6) is 0 Å². The fourth-order valence-corrected chi connectivity index (χ4v) is 2.03. The molecule has 0 aliphatic rings. The molecule has 0 radical (unpaired) electrons. The molecule has 7 heteroatoms. The molecule has 1 atom stereocenters.